The first-order valence-corrected chi connectivity index (χ1v) is 7.24. The topological polar surface area (TPSA) is 78.6 Å². The Morgan fingerprint density at radius 3 is 2.39 bits per heavy atom. The normalized spacial score (nSPS) is 10.7. The summed E-state index contributed by atoms with van der Waals surface area (Å²) in [6.07, 6.45) is 0. The maximum Gasteiger partial charge on any atom is 0.344 e. The van der Waals surface area contributed by atoms with Crippen LogP contribution in [-0.2, 0) is 16.1 Å². The molecule has 23 heavy (non-hydrogen) atoms. The minimum Gasteiger partial charge on any atom is -0.465 e. The van der Waals surface area contributed by atoms with E-state index in [2.05, 4.69) is 9.89 Å². The predicted octanol–water partition coefficient (Wildman–Crippen LogP) is 3.25. The van der Waals surface area contributed by atoms with Crippen molar-refractivity contribution in [3.8, 4) is 0 Å². The van der Waals surface area contributed by atoms with Crippen molar-refractivity contribution < 1.29 is 23.6 Å². The van der Waals surface area contributed by atoms with Gasteiger partial charge in [0.25, 0.3) is 0 Å². The fourth-order valence-corrected chi connectivity index (χ4v) is 2.11. The van der Waals surface area contributed by atoms with Crippen molar-refractivity contribution in [2.45, 2.75) is 33.3 Å². The van der Waals surface area contributed by atoms with E-state index in [-0.39, 0.29) is 12.5 Å². The van der Waals surface area contributed by atoms with Gasteiger partial charge in [-0.1, -0.05) is 31.1 Å². The number of aryl methyl sites for hydroxylation is 1. The number of nitrogens with zero attached hydrogens (tertiary/aromatic N) is 1. The molecule has 6 nitrogen and oxygen atoms in total. The minimum absolute atomic E-state index is 0.0399. The maximum atomic E-state index is 12.3. The molecular weight excluding hydrogens is 298 g/mol. The molecule has 0 aliphatic carbocycles. The van der Waals surface area contributed by atoms with Gasteiger partial charge in [-0.05, 0) is 24.6 Å². The first kappa shape index (κ1) is 16.7. The van der Waals surface area contributed by atoms with E-state index in [1.807, 2.05) is 13.8 Å². The summed E-state index contributed by atoms with van der Waals surface area (Å²) in [7, 11) is 1.33. The molecule has 0 radical (unpaired) electrons. The van der Waals surface area contributed by atoms with E-state index >= 15 is 0 Å². The Balaban J connectivity index is 2.05. The third kappa shape index (κ3) is 3.77. The van der Waals surface area contributed by atoms with Crippen molar-refractivity contribution in [3.05, 3.63) is 52.4 Å². The zero-order valence-electron chi connectivity index (χ0n) is 13.6. The van der Waals surface area contributed by atoms with E-state index in [1.54, 1.807) is 31.2 Å². The van der Waals surface area contributed by atoms with Gasteiger partial charge >= 0.3 is 11.9 Å². The maximum absolute atomic E-state index is 12.3. The van der Waals surface area contributed by atoms with Gasteiger partial charge in [0, 0.05) is 5.92 Å². The number of methoxy groups -OCH3 is 1. The Hall–Kier alpha value is -2.63. The molecule has 0 saturated carbocycles. The molecule has 122 valence electrons. The molecule has 0 amide bonds. The van der Waals surface area contributed by atoms with Crippen LogP contribution in [0, 0.1) is 6.92 Å². The number of carbonyl (C=O) groups excluding carboxylic acids is 2. The van der Waals surface area contributed by atoms with Crippen molar-refractivity contribution in [2.24, 2.45) is 0 Å². The van der Waals surface area contributed by atoms with Crippen LogP contribution in [-0.4, -0.2) is 24.2 Å². The van der Waals surface area contributed by atoms with Gasteiger partial charge < -0.3 is 14.0 Å². The molecule has 0 aliphatic rings. The molecule has 0 bridgehead atoms. The van der Waals surface area contributed by atoms with Crippen LogP contribution in [0.5, 0.6) is 0 Å². The van der Waals surface area contributed by atoms with Gasteiger partial charge in [-0.25, -0.2) is 9.59 Å². The van der Waals surface area contributed by atoms with E-state index in [0.717, 1.165) is 5.56 Å². The molecule has 0 N–H and O–H groups in total. The highest BCUT2D eigenvalue weighted by molar-refractivity contribution is 5.92. The molecular formula is C17H19NO5. The van der Waals surface area contributed by atoms with Crippen LogP contribution in [0.2, 0.25) is 0 Å². The first-order valence-electron chi connectivity index (χ1n) is 7.24. The fourth-order valence-electron chi connectivity index (χ4n) is 2.11. The van der Waals surface area contributed by atoms with E-state index in [1.165, 1.54) is 7.11 Å². The molecule has 1 aromatic carbocycles. The van der Waals surface area contributed by atoms with E-state index < -0.39 is 11.9 Å². The quantitative estimate of drug-likeness (QED) is 0.788. The van der Waals surface area contributed by atoms with E-state index in [0.29, 0.717) is 22.6 Å². The molecule has 0 saturated heterocycles. The summed E-state index contributed by atoms with van der Waals surface area (Å²) in [6.45, 7) is 5.64. The number of esters is 2. The lowest BCUT2D eigenvalue weighted by molar-refractivity contribution is 0.0467. The highest BCUT2D eigenvalue weighted by Gasteiger charge is 2.23. The van der Waals surface area contributed by atoms with Crippen molar-refractivity contribution in [2.75, 3.05) is 7.11 Å². The van der Waals surface area contributed by atoms with Crippen molar-refractivity contribution in [1.82, 2.24) is 5.16 Å². The summed E-state index contributed by atoms with van der Waals surface area (Å²) in [5.41, 5.74) is 2.11. The first-order chi connectivity index (χ1) is 10.9. The second-order valence-corrected chi connectivity index (χ2v) is 5.43. The minimum atomic E-state index is -0.468. The van der Waals surface area contributed by atoms with Gasteiger partial charge in [0.2, 0.25) is 0 Å². The molecule has 1 aromatic heterocycles. The largest absolute Gasteiger partial charge is 0.465 e. The Morgan fingerprint density at radius 1 is 1.17 bits per heavy atom. The van der Waals surface area contributed by atoms with Crippen LogP contribution in [0.25, 0.3) is 0 Å². The van der Waals surface area contributed by atoms with Crippen LogP contribution in [0.4, 0.5) is 0 Å². The zero-order valence-corrected chi connectivity index (χ0v) is 13.6. The molecule has 0 unspecified atom stereocenters. The molecule has 0 fully saturated rings. The molecule has 0 spiro atoms. The summed E-state index contributed by atoms with van der Waals surface area (Å²) >= 11 is 0. The van der Waals surface area contributed by atoms with Crippen molar-refractivity contribution in [1.29, 1.82) is 0 Å². The van der Waals surface area contributed by atoms with Crippen LogP contribution < -0.4 is 0 Å². The average molecular weight is 317 g/mol. The third-order valence-electron chi connectivity index (χ3n) is 3.36. The zero-order chi connectivity index (χ0) is 17.0. The smallest absolute Gasteiger partial charge is 0.344 e. The molecule has 0 aliphatic heterocycles. The number of carbonyl (C=O) groups is 2. The van der Waals surface area contributed by atoms with Crippen molar-refractivity contribution >= 4 is 11.9 Å². The van der Waals surface area contributed by atoms with Crippen LogP contribution in [0.3, 0.4) is 0 Å². The monoisotopic (exact) mass is 317 g/mol. The summed E-state index contributed by atoms with van der Waals surface area (Å²) in [5, 5.41) is 3.83. The third-order valence-corrected chi connectivity index (χ3v) is 3.36. The lowest BCUT2D eigenvalue weighted by Gasteiger charge is -2.07. The average Bonchev–Trinajstić information content (AvgIpc) is 2.94. The van der Waals surface area contributed by atoms with E-state index in [4.69, 9.17) is 9.26 Å². The second kappa shape index (κ2) is 7.09. The van der Waals surface area contributed by atoms with Gasteiger partial charge in [0.05, 0.1) is 18.4 Å². The number of hydrogen-bond acceptors (Lipinski definition) is 6. The Morgan fingerprint density at radius 2 is 1.83 bits per heavy atom. The van der Waals surface area contributed by atoms with Gasteiger partial charge in [-0.3, -0.25) is 0 Å². The standard InChI is InChI=1S/C17H19NO5/c1-10(2)15-14(11(3)18-23-15)17(20)22-9-12-5-7-13(8-6-12)16(19)21-4/h5-8,10H,9H2,1-4H3. The summed E-state index contributed by atoms with van der Waals surface area (Å²) < 4.78 is 15.1. The van der Waals surface area contributed by atoms with E-state index in [9.17, 15) is 9.59 Å². The summed E-state index contributed by atoms with van der Waals surface area (Å²) in [6, 6.07) is 6.67. The summed E-state index contributed by atoms with van der Waals surface area (Å²) in [5.74, 6) is -0.314. The van der Waals surface area contributed by atoms with Gasteiger partial charge in [-0.15, -0.1) is 0 Å². The number of rotatable bonds is 5. The number of aromatic nitrogens is 1. The Kier molecular flexibility index (Phi) is 5.16. The lowest BCUT2D eigenvalue weighted by atomic mass is 10.1. The highest BCUT2D eigenvalue weighted by atomic mass is 16.5. The van der Waals surface area contributed by atoms with Gasteiger partial charge in [0.15, 0.2) is 5.76 Å². The fraction of sp³-hybridized carbons (Fsp3) is 0.353. The van der Waals surface area contributed by atoms with Crippen LogP contribution in [0.15, 0.2) is 28.8 Å². The Labute approximate surface area is 134 Å². The molecule has 6 heteroatoms. The van der Waals surface area contributed by atoms with Crippen molar-refractivity contribution in [3.63, 3.8) is 0 Å². The highest BCUT2D eigenvalue weighted by Crippen LogP contribution is 2.23. The van der Waals surface area contributed by atoms with Crippen LogP contribution in [0.1, 0.15) is 57.5 Å². The summed E-state index contributed by atoms with van der Waals surface area (Å²) in [4.78, 5) is 23.6. The van der Waals surface area contributed by atoms with Gasteiger partial charge in [0.1, 0.15) is 12.2 Å². The lowest BCUT2D eigenvalue weighted by Crippen LogP contribution is -2.09. The molecule has 0 atom stereocenters. The Bertz CT molecular complexity index is 700. The predicted molar refractivity (Wildman–Crippen MR) is 82.2 cm³/mol. The molecule has 2 rings (SSSR count). The molecule has 2 aromatic rings. The number of hydrogen-bond donors (Lipinski definition) is 0. The SMILES string of the molecule is COC(=O)c1ccc(COC(=O)c2c(C)noc2C(C)C)cc1. The number of benzene rings is 1. The second-order valence-electron chi connectivity index (χ2n) is 5.43. The van der Waals surface area contributed by atoms with Crippen LogP contribution >= 0.6 is 0 Å². The molecule has 1 heterocycles. The van der Waals surface area contributed by atoms with Gasteiger partial charge in [-0.2, -0.15) is 0 Å². The number of ether oxygens (including phenoxy) is 2.